The fraction of sp³-hybridized carbons (Fsp3) is 0.562. The molecule has 1 aromatic rings. The smallest absolute Gasteiger partial charge is 0.257 e. The largest absolute Gasteiger partial charge is 0.337 e. The van der Waals surface area contributed by atoms with E-state index in [1.165, 1.54) is 12.1 Å². The first kappa shape index (κ1) is 15.9. The molecule has 1 unspecified atom stereocenters. The van der Waals surface area contributed by atoms with Crippen molar-refractivity contribution in [1.29, 1.82) is 0 Å². The van der Waals surface area contributed by atoms with E-state index in [9.17, 15) is 13.6 Å². The minimum absolute atomic E-state index is 0.186. The minimum atomic E-state index is -1.06. The molecule has 0 aromatic heterocycles. The molecule has 0 bridgehead atoms. The first-order valence-electron chi connectivity index (χ1n) is 7.45. The van der Waals surface area contributed by atoms with Crippen LogP contribution in [0.5, 0.6) is 0 Å². The molecular formula is C16H22F2N2O. The number of benzene rings is 1. The van der Waals surface area contributed by atoms with Crippen molar-refractivity contribution < 1.29 is 13.6 Å². The van der Waals surface area contributed by atoms with Gasteiger partial charge >= 0.3 is 0 Å². The SMILES string of the molecule is CC(C)CN(CC1CCCN1)C(=O)c1cccc(F)c1F. The Morgan fingerprint density at radius 1 is 1.43 bits per heavy atom. The molecule has 1 aromatic carbocycles. The fourth-order valence-electron chi connectivity index (χ4n) is 2.70. The summed E-state index contributed by atoms with van der Waals surface area (Å²) in [6.07, 6.45) is 2.09. The van der Waals surface area contributed by atoms with Gasteiger partial charge in [0.05, 0.1) is 5.56 Å². The Kier molecular flexibility index (Phi) is 5.28. The van der Waals surface area contributed by atoms with Crippen LogP contribution in [0.3, 0.4) is 0 Å². The molecule has 5 heteroatoms. The molecule has 1 aliphatic heterocycles. The van der Waals surface area contributed by atoms with Gasteiger partial charge in [-0.25, -0.2) is 8.78 Å². The average molecular weight is 296 g/mol. The van der Waals surface area contributed by atoms with Crippen LogP contribution in [0.2, 0.25) is 0 Å². The van der Waals surface area contributed by atoms with Gasteiger partial charge in [-0.15, -0.1) is 0 Å². The Morgan fingerprint density at radius 3 is 2.81 bits per heavy atom. The van der Waals surface area contributed by atoms with Crippen molar-refractivity contribution in [3.63, 3.8) is 0 Å². The number of halogens is 2. The lowest BCUT2D eigenvalue weighted by Gasteiger charge is -2.27. The second kappa shape index (κ2) is 6.98. The molecule has 2 rings (SSSR count). The van der Waals surface area contributed by atoms with Crippen LogP contribution >= 0.6 is 0 Å². The van der Waals surface area contributed by atoms with Crippen molar-refractivity contribution in [2.24, 2.45) is 5.92 Å². The summed E-state index contributed by atoms with van der Waals surface area (Å²) < 4.78 is 27.1. The van der Waals surface area contributed by atoms with Gasteiger partial charge in [0.1, 0.15) is 0 Å². The third kappa shape index (κ3) is 4.00. The highest BCUT2D eigenvalue weighted by molar-refractivity contribution is 5.94. The minimum Gasteiger partial charge on any atom is -0.337 e. The van der Waals surface area contributed by atoms with Crippen LogP contribution in [0.1, 0.15) is 37.0 Å². The number of rotatable bonds is 5. The number of carbonyl (C=O) groups is 1. The number of carbonyl (C=O) groups excluding carboxylic acids is 1. The van der Waals surface area contributed by atoms with Crippen LogP contribution in [-0.4, -0.2) is 36.5 Å². The third-order valence-electron chi connectivity index (χ3n) is 3.66. The quantitative estimate of drug-likeness (QED) is 0.906. The molecule has 1 saturated heterocycles. The second-order valence-corrected chi connectivity index (χ2v) is 6.00. The Morgan fingerprint density at radius 2 is 2.19 bits per heavy atom. The van der Waals surface area contributed by atoms with Crippen molar-refractivity contribution in [3.05, 3.63) is 35.4 Å². The number of hydrogen-bond donors (Lipinski definition) is 1. The molecule has 0 aliphatic carbocycles. The summed E-state index contributed by atoms with van der Waals surface area (Å²) >= 11 is 0. The molecular weight excluding hydrogens is 274 g/mol. The lowest BCUT2D eigenvalue weighted by Crippen LogP contribution is -2.43. The summed E-state index contributed by atoms with van der Waals surface area (Å²) in [5, 5.41) is 3.33. The van der Waals surface area contributed by atoms with Crippen LogP contribution in [0.4, 0.5) is 8.78 Å². The van der Waals surface area contributed by atoms with Gasteiger partial charge in [0.15, 0.2) is 11.6 Å². The zero-order chi connectivity index (χ0) is 15.4. The summed E-state index contributed by atoms with van der Waals surface area (Å²) in [7, 11) is 0. The first-order valence-corrected chi connectivity index (χ1v) is 7.45. The van der Waals surface area contributed by atoms with Crippen LogP contribution in [0.25, 0.3) is 0 Å². The Bertz CT molecular complexity index is 499. The van der Waals surface area contributed by atoms with Crippen LogP contribution in [0.15, 0.2) is 18.2 Å². The molecule has 1 fully saturated rings. The normalized spacial score (nSPS) is 18.2. The van der Waals surface area contributed by atoms with E-state index < -0.39 is 17.5 Å². The van der Waals surface area contributed by atoms with Crippen molar-refractivity contribution in [2.75, 3.05) is 19.6 Å². The average Bonchev–Trinajstić information content (AvgIpc) is 2.93. The number of amides is 1. The summed E-state index contributed by atoms with van der Waals surface area (Å²) in [6.45, 7) is 6.03. The van der Waals surface area contributed by atoms with Gasteiger partial charge in [0.2, 0.25) is 0 Å². The van der Waals surface area contributed by atoms with E-state index in [-0.39, 0.29) is 17.5 Å². The van der Waals surface area contributed by atoms with Gasteiger partial charge in [-0.05, 0) is 37.4 Å². The first-order chi connectivity index (χ1) is 9.99. The van der Waals surface area contributed by atoms with E-state index in [0.29, 0.717) is 13.1 Å². The molecule has 0 spiro atoms. The molecule has 1 aliphatic rings. The number of hydrogen-bond acceptors (Lipinski definition) is 2. The highest BCUT2D eigenvalue weighted by atomic mass is 19.2. The van der Waals surface area contributed by atoms with Gasteiger partial charge in [0.25, 0.3) is 5.91 Å². The Labute approximate surface area is 124 Å². The van der Waals surface area contributed by atoms with Crippen molar-refractivity contribution in [2.45, 2.75) is 32.7 Å². The topological polar surface area (TPSA) is 32.3 Å². The highest BCUT2D eigenvalue weighted by Crippen LogP contribution is 2.16. The van der Waals surface area contributed by atoms with E-state index in [2.05, 4.69) is 5.32 Å². The predicted molar refractivity (Wildman–Crippen MR) is 78.1 cm³/mol. The Hall–Kier alpha value is -1.49. The molecule has 21 heavy (non-hydrogen) atoms. The van der Waals surface area contributed by atoms with Crippen molar-refractivity contribution in [1.82, 2.24) is 10.2 Å². The zero-order valence-corrected chi connectivity index (χ0v) is 12.5. The lowest BCUT2D eigenvalue weighted by molar-refractivity contribution is 0.0715. The second-order valence-electron chi connectivity index (χ2n) is 6.00. The molecule has 3 nitrogen and oxygen atoms in total. The monoisotopic (exact) mass is 296 g/mol. The Balaban J connectivity index is 2.18. The van der Waals surface area contributed by atoms with Crippen LogP contribution in [-0.2, 0) is 0 Å². The van der Waals surface area contributed by atoms with Crippen molar-refractivity contribution >= 4 is 5.91 Å². The van der Waals surface area contributed by atoms with Gasteiger partial charge in [-0.3, -0.25) is 4.79 Å². The fourth-order valence-corrected chi connectivity index (χ4v) is 2.70. The molecule has 0 saturated carbocycles. The standard InChI is InChI=1S/C16H22F2N2O/c1-11(2)9-20(10-12-5-4-8-19-12)16(21)13-6-3-7-14(17)15(13)18/h3,6-7,11-12,19H,4-5,8-10H2,1-2H3. The van der Waals surface area contributed by atoms with Crippen molar-refractivity contribution in [3.8, 4) is 0 Å². The number of nitrogens with one attached hydrogen (secondary N) is 1. The highest BCUT2D eigenvalue weighted by Gasteiger charge is 2.25. The summed E-state index contributed by atoms with van der Waals surface area (Å²) in [5.74, 6) is -2.21. The van der Waals surface area contributed by atoms with E-state index >= 15 is 0 Å². The molecule has 1 atom stereocenters. The van der Waals surface area contributed by atoms with Gasteiger partial charge in [-0.1, -0.05) is 19.9 Å². The van der Waals surface area contributed by atoms with E-state index in [4.69, 9.17) is 0 Å². The lowest BCUT2D eigenvalue weighted by atomic mass is 10.1. The maximum atomic E-state index is 13.8. The number of nitrogens with zero attached hydrogens (tertiary/aromatic N) is 1. The van der Waals surface area contributed by atoms with Gasteiger partial charge in [0, 0.05) is 19.1 Å². The predicted octanol–water partition coefficient (Wildman–Crippen LogP) is 2.82. The van der Waals surface area contributed by atoms with E-state index in [0.717, 1.165) is 25.5 Å². The maximum Gasteiger partial charge on any atom is 0.257 e. The molecule has 116 valence electrons. The van der Waals surface area contributed by atoms with E-state index in [1.54, 1.807) is 4.90 Å². The zero-order valence-electron chi connectivity index (χ0n) is 12.5. The molecule has 1 amide bonds. The third-order valence-corrected chi connectivity index (χ3v) is 3.66. The summed E-state index contributed by atoms with van der Waals surface area (Å²) in [6, 6.07) is 3.98. The van der Waals surface area contributed by atoms with E-state index in [1.807, 2.05) is 13.8 Å². The van der Waals surface area contributed by atoms with Gasteiger partial charge in [-0.2, -0.15) is 0 Å². The summed E-state index contributed by atoms with van der Waals surface area (Å²) in [4.78, 5) is 14.2. The van der Waals surface area contributed by atoms with Gasteiger partial charge < -0.3 is 10.2 Å². The molecule has 1 N–H and O–H groups in total. The molecule has 0 radical (unpaired) electrons. The maximum absolute atomic E-state index is 13.8. The van der Waals surface area contributed by atoms with Crippen LogP contribution < -0.4 is 5.32 Å². The van der Waals surface area contributed by atoms with Crippen LogP contribution in [0, 0.1) is 17.6 Å². The molecule has 1 heterocycles. The summed E-state index contributed by atoms with van der Waals surface area (Å²) in [5.41, 5.74) is -0.186.